The average molecular weight is 393 g/mol. The van der Waals surface area contributed by atoms with Crippen molar-refractivity contribution in [3.05, 3.63) is 69.3 Å². The van der Waals surface area contributed by atoms with E-state index in [9.17, 15) is 32.9 Å². The summed E-state index contributed by atoms with van der Waals surface area (Å²) >= 11 is 0. The van der Waals surface area contributed by atoms with E-state index < -0.39 is 46.5 Å². The predicted octanol–water partition coefficient (Wildman–Crippen LogP) is 3.28. The molecule has 144 valence electrons. The number of rotatable bonds is 5. The maximum Gasteiger partial charge on any atom is 0.416 e. The Morgan fingerprint density at radius 3 is 2.54 bits per heavy atom. The van der Waals surface area contributed by atoms with E-state index in [1.165, 1.54) is 24.3 Å². The molecule has 0 saturated carbocycles. The van der Waals surface area contributed by atoms with E-state index >= 15 is 0 Å². The first-order valence-corrected chi connectivity index (χ1v) is 7.44. The molecule has 28 heavy (non-hydrogen) atoms. The number of carbonyl (C=O) groups excluding carboxylic acids is 2. The standard InChI is InChI=1S/C17H10F3N3O5/c18-17(19,20)12-4-5-13(14(7-12)23(26)27)22-15(24)9-28-16(25)11-3-1-2-10(6-11)8-21/h1-7H,9H2,(H,22,24). The van der Waals surface area contributed by atoms with Crippen LogP contribution in [0.25, 0.3) is 0 Å². The Hall–Kier alpha value is -3.94. The van der Waals surface area contributed by atoms with Gasteiger partial charge in [-0.05, 0) is 30.3 Å². The molecule has 8 nitrogen and oxygen atoms in total. The Bertz CT molecular complexity index is 983. The van der Waals surface area contributed by atoms with Gasteiger partial charge in [-0.2, -0.15) is 18.4 Å². The van der Waals surface area contributed by atoms with Crippen LogP contribution >= 0.6 is 0 Å². The maximum absolute atomic E-state index is 12.7. The summed E-state index contributed by atoms with van der Waals surface area (Å²) in [7, 11) is 0. The van der Waals surface area contributed by atoms with E-state index in [0.717, 1.165) is 6.07 Å². The van der Waals surface area contributed by atoms with E-state index in [0.29, 0.717) is 6.07 Å². The van der Waals surface area contributed by atoms with Crippen LogP contribution in [0, 0.1) is 21.4 Å². The summed E-state index contributed by atoms with van der Waals surface area (Å²) in [5, 5.41) is 21.8. The van der Waals surface area contributed by atoms with Crippen molar-refractivity contribution in [2.45, 2.75) is 6.18 Å². The number of nitrogens with zero attached hydrogens (tertiary/aromatic N) is 2. The molecule has 2 aromatic carbocycles. The van der Waals surface area contributed by atoms with Crippen LogP contribution in [0.4, 0.5) is 24.5 Å². The zero-order chi connectivity index (χ0) is 20.9. The van der Waals surface area contributed by atoms with Crippen molar-refractivity contribution in [3.63, 3.8) is 0 Å². The molecular weight excluding hydrogens is 383 g/mol. The van der Waals surface area contributed by atoms with Crippen molar-refractivity contribution in [2.75, 3.05) is 11.9 Å². The van der Waals surface area contributed by atoms with Gasteiger partial charge in [0.2, 0.25) is 0 Å². The van der Waals surface area contributed by atoms with Gasteiger partial charge < -0.3 is 10.1 Å². The number of nitro benzene ring substituents is 1. The van der Waals surface area contributed by atoms with E-state index in [4.69, 9.17) is 10.00 Å². The monoisotopic (exact) mass is 393 g/mol. The van der Waals surface area contributed by atoms with Gasteiger partial charge in [-0.25, -0.2) is 4.79 Å². The summed E-state index contributed by atoms with van der Waals surface area (Å²) in [6.07, 6.45) is -4.79. The smallest absolute Gasteiger partial charge is 0.416 e. The SMILES string of the molecule is N#Cc1cccc(C(=O)OCC(=O)Nc2ccc(C(F)(F)F)cc2[N+](=O)[O-])c1. The van der Waals surface area contributed by atoms with Gasteiger partial charge in [0.1, 0.15) is 5.69 Å². The Morgan fingerprint density at radius 2 is 1.93 bits per heavy atom. The predicted molar refractivity (Wildman–Crippen MR) is 88.2 cm³/mol. The molecule has 2 aromatic rings. The number of nitro groups is 1. The Labute approximate surface area is 155 Å². The number of nitriles is 1. The molecule has 1 N–H and O–H groups in total. The van der Waals surface area contributed by atoms with E-state index in [2.05, 4.69) is 0 Å². The third kappa shape index (κ3) is 5.04. The van der Waals surface area contributed by atoms with Crippen LogP contribution in [0.2, 0.25) is 0 Å². The Kier molecular flexibility index (Phi) is 5.95. The summed E-state index contributed by atoms with van der Waals surface area (Å²) in [4.78, 5) is 33.6. The minimum absolute atomic E-state index is 0.00682. The van der Waals surface area contributed by atoms with Crippen molar-refractivity contribution >= 4 is 23.3 Å². The second-order valence-electron chi connectivity index (χ2n) is 5.30. The molecule has 0 bridgehead atoms. The van der Waals surface area contributed by atoms with Gasteiger partial charge in [-0.1, -0.05) is 6.07 Å². The highest BCUT2D eigenvalue weighted by molar-refractivity contribution is 5.97. The Balaban J connectivity index is 2.07. The number of hydrogen-bond acceptors (Lipinski definition) is 6. The average Bonchev–Trinajstić information content (AvgIpc) is 2.65. The third-order valence-electron chi connectivity index (χ3n) is 3.36. The summed E-state index contributed by atoms with van der Waals surface area (Å²) in [6.45, 7) is -0.839. The lowest BCUT2D eigenvalue weighted by Gasteiger charge is -2.10. The topological polar surface area (TPSA) is 122 Å². The first kappa shape index (κ1) is 20.4. The summed E-state index contributed by atoms with van der Waals surface area (Å²) in [5.74, 6) is -1.91. The van der Waals surface area contributed by atoms with Crippen LogP contribution < -0.4 is 5.32 Å². The molecule has 0 aliphatic rings. The largest absolute Gasteiger partial charge is 0.452 e. The van der Waals surface area contributed by atoms with Crippen molar-refractivity contribution < 1.29 is 32.4 Å². The Morgan fingerprint density at radius 1 is 1.21 bits per heavy atom. The van der Waals surface area contributed by atoms with Gasteiger partial charge in [0, 0.05) is 6.07 Å². The fourth-order valence-corrected chi connectivity index (χ4v) is 2.08. The highest BCUT2D eigenvalue weighted by Crippen LogP contribution is 2.34. The number of carbonyl (C=O) groups is 2. The van der Waals surface area contributed by atoms with Gasteiger partial charge in [-0.15, -0.1) is 0 Å². The highest BCUT2D eigenvalue weighted by Gasteiger charge is 2.33. The number of hydrogen-bond donors (Lipinski definition) is 1. The molecule has 0 aliphatic carbocycles. The molecule has 0 fully saturated rings. The number of nitrogens with one attached hydrogen (secondary N) is 1. The zero-order valence-corrected chi connectivity index (χ0v) is 13.8. The molecule has 11 heteroatoms. The number of alkyl halides is 3. The lowest BCUT2D eigenvalue weighted by molar-refractivity contribution is -0.384. The normalized spacial score (nSPS) is 10.6. The fraction of sp³-hybridized carbons (Fsp3) is 0.118. The number of benzene rings is 2. The summed E-state index contributed by atoms with van der Waals surface area (Å²) < 4.78 is 42.7. The van der Waals surface area contributed by atoms with Crippen molar-refractivity contribution in [3.8, 4) is 6.07 Å². The van der Waals surface area contributed by atoms with Crippen molar-refractivity contribution in [1.29, 1.82) is 5.26 Å². The third-order valence-corrected chi connectivity index (χ3v) is 3.36. The summed E-state index contributed by atoms with van der Waals surface area (Å²) in [5.41, 5.74) is -2.49. The quantitative estimate of drug-likeness (QED) is 0.473. The van der Waals surface area contributed by atoms with Crippen LogP contribution in [0.1, 0.15) is 21.5 Å². The molecule has 0 spiro atoms. The molecule has 2 rings (SSSR count). The number of halogens is 3. The molecule has 0 aliphatic heterocycles. The minimum atomic E-state index is -4.79. The maximum atomic E-state index is 12.7. The molecule has 1 amide bonds. The highest BCUT2D eigenvalue weighted by atomic mass is 19.4. The zero-order valence-electron chi connectivity index (χ0n) is 13.8. The van der Waals surface area contributed by atoms with Crippen LogP contribution in [-0.4, -0.2) is 23.4 Å². The van der Waals surface area contributed by atoms with Gasteiger partial charge in [0.15, 0.2) is 6.61 Å². The van der Waals surface area contributed by atoms with Gasteiger partial charge >= 0.3 is 12.1 Å². The van der Waals surface area contributed by atoms with Crippen molar-refractivity contribution in [1.82, 2.24) is 0 Å². The minimum Gasteiger partial charge on any atom is -0.452 e. The second-order valence-corrected chi connectivity index (χ2v) is 5.30. The fourth-order valence-electron chi connectivity index (χ4n) is 2.08. The lowest BCUT2D eigenvalue weighted by atomic mass is 10.1. The van der Waals surface area contributed by atoms with E-state index in [1.54, 1.807) is 0 Å². The number of anilines is 1. The molecule has 0 saturated heterocycles. The van der Waals surface area contributed by atoms with Crippen LogP contribution in [0.15, 0.2) is 42.5 Å². The van der Waals surface area contributed by atoms with Crippen molar-refractivity contribution in [2.24, 2.45) is 0 Å². The lowest BCUT2D eigenvalue weighted by Crippen LogP contribution is -2.21. The number of amides is 1. The molecule has 0 unspecified atom stereocenters. The van der Waals surface area contributed by atoms with Gasteiger partial charge in [0.05, 0.1) is 27.7 Å². The number of ether oxygens (including phenoxy) is 1. The summed E-state index contributed by atoms with van der Waals surface area (Å²) in [6, 6.07) is 8.88. The first-order chi connectivity index (χ1) is 13.1. The van der Waals surface area contributed by atoms with Crippen LogP contribution in [0.5, 0.6) is 0 Å². The molecule has 0 atom stereocenters. The van der Waals surface area contributed by atoms with Gasteiger partial charge in [0.25, 0.3) is 11.6 Å². The number of esters is 1. The second kappa shape index (κ2) is 8.17. The molecule has 0 heterocycles. The first-order valence-electron chi connectivity index (χ1n) is 7.44. The molecular formula is C17H10F3N3O5. The van der Waals surface area contributed by atoms with E-state index in [1.807, 2.05) is 11.4 Å². The molecule has 0 radical (unpaired) electrons. The van der Waals surface area contributed by atoms with E-state index in [-0.39, 0.29) is 17.2 Å². The van der Waals surface area contributed by atoms with Crippen LogP contribution in [-0.2, 0) is 15.7 Å². The van der Waals surface area contributed by atoms with Crippen LogP contribution in [0.3, 0.4) is 0 Å². The molecule has 0 aromatic heterocycles. The van der Waals surface area contributed by atoms with Gasteiger partial charge in [-0.3, -0.25) is 14.9 Å².